The number of aromatic nitrogens is 1. The van der Waals surface area contributed by atoms with Gasteiger partial charge in [0.2, 0.25) is 0 Å². The zero-order valence-electron chi connectivity index (χ0n) is 18.5. The van der Waals surface area contributed by atoms with Crippen LogP contribution in [0.5, 0.6) is 5.75 Å². The van der Waals surface area contributed by atoms with Gasteiger partial charge < -0.3 is 14.3 Å². The number of carbonyl (C=O) groups is 1. The monoisotopic (exact) mass is 526 g/mol. The van der Waals surface area contributed by atoms with E-state index in [1.807, 2.05) is 6.29 Å². The maximum Gasteiger partial charge on any atom is 1.00 e. The van der Waals surface area contributed by atoms with Crippen LogP contribution in [-0.2, 0) is 9.53 Å². The first-order chi connectivity index (χ1) is 15.9. The number of rotatable bonds is 6. The molecule has 1 fully saturated rings. The van der Waals surface area contributed by atoms with Crippen LogP contribution in [0.2, 0.25) is 10.0 Å². The Morgan fingerprint density at radius 1 is 1.24 bits per heavy atom. The summed E-state index contributed by atoms with van der Waals surface area (Å²) in [7, 11) is 1.46. The van der Waals surface area contributed by atoms with Gasteiger partial charge in [0.25, 0.3) is 5.91 Å². The summed E-state index contributed by atoms with van der Waals surface area (Å²) >= 11 is 12.4. The molecular formula is C24H18Cl2FKN2O4. The van der Waals surface area contributed by atoms with Gasteiger partial charge in [0.15, 0.2) is 11.6 Å². The number of pyridine rings is 1. The molecule has 2 heterocycles. The number of anilines is 1. The third-order valence-corrected chi connectivity index (χ3v) is 5.85. The molecule has 0 N–H and O–H groups in total. The molecule has 0 aliphatic carbocycles. The number of nitrogens with zero attached hydrogens (tertiary/aromatic N) is 2. The van der Waals surface area contributed by atoms with Crippen LogP contribution in [0, 0.1) is 5.82 Å². The first-order valence-corrected chi connectivity index (χ1v) is 10.8. The smallest absolute Gasteiger partial charge is 0.484 e. The van der Waals surface area contributed by atoms with Gasteiger partial charge in [-0.25, -0.2) is 9.37 Å². The number of halogens is 3. The van der Waals surface area contributed by atoms with Crippen molar-refractivity contribution in [2.45, 2.75) is 12.5 Å². The van der Waals surface area contributed by atoms with Gasteiger partial charge in [0, 0.05) is 24.7 Å². The van der Waals surface area contributed by atoms with Crippen LogP contribution >= 0.6 is 23.2 Å². The molecule has 0 radical (unpaired) electrons. The Kier molecular flexibility index (Phi) is 9.65. The molecule has 0 spiro atoms. The van der Waals surface area contributed by atoms with Gasteiger partial charge in [-0.2, -0.15) is 17.7 Å². The quantitative estimate of drug-likeness (QED) is 0.363. The summed E-state index contributed by atoms with van der Waals surface area (Å²) in [5, 5.41) is 0.394. The Hall–Kier alpha value is -1.36. The van der Waals surface area contributed by atoms with Crippen LogP contribution in [0.1, 0.15) is 22.3 Å². The Morgan fingerprint density at radius 3 is 2.71 bits per heavy atom. The fourth-order valence-electron chi connectivity index (χ4n) is 3.48. The van der Waals surface area contributed by atoms with Gasteiger partial charge >= 0.3 is 51.4 Å². The molecule has 4 rings (SSSR count). The van der Waals surface area contributed by atoms with Gasteiger partial charge in [-0.05, 0) is 23.8 Å². The maximum absolute atomic E-state index is 14.4. The van der Waals surface area contributed by atoms with Crippen molar-refractivity contribution in [3.05, 3.63) is 75.7 Å². The van der Waals surface area contributed by atoms with Crippen LogP contribution in [0.15, 0.2) is 48.7 Å². The summed E-state index contributed by atoms with van der Waals surface area (Å²) in [5.41, 5.74) is 1.18. The molecule has 10 heteroatoms. The Labute approximate surface area is 248 Å². The molecule has 0 bridgehead atoms. The van der Waals surface area contributed by atoms with E-state index in [-0.39, 0.29) is 79.6 Å². The minimum absolute atomic E-state index is 0. The summed E-state index contributed by atoms with van der Waals surface area (Å²) in [4.78, 5) is 29.8. The first kappa shape index (κ1) is 27.2. The summed E-state index contributed by atoms with van der Waals surface area (Å²) in [6.07, 6.45) is 3.75. The molecule has 34 heavy (non-hydrogen) atoms. The number of benzene rings is 2. The molecule has 170 valence electrons. The second-order valence-corrected chi connectivity index (χ2v) is 8.22. The number of ether oxygens (including phenoxy) is 2. The summed E-state index contributed by atoms with van der Waals surface area (Å²) in [5.74, 6) is -0.968. The standard InChI is InChI=1S/C24H18Cl2FN2O4.K/c1-29(24(31)22-19(26)3-2-4-20(22)27)23-21(33-16-7-8-32-13-16)10-15(11-28-23)17-9-14(12-30)5-6-18(17)25;/h2-6,9-11,16H,7-8,13H2,1H3;/q-1;+1/t16-;/m1./s1. The average Bonchev–Trinajstić information content (AvgIpc) is 3.32. The van der Waals surface area contributed by atoms with Crippen molar-refractivity contribution in [2.24, 2.45) is 0 Å². The molecule has 1 amide bonds. The summed E-state index contributed by atoms with van der Waals surface area (Å²) < 4.78 is 25.8. The largest absolute Gasteiger partial charge is 1.00 e. The van der Waals surface area contributed by atoms with E-state index in [0.717, 1.165) is 6.07 Å². The first-order valence-electron chi connectivity index (χ1n) is 10.0. The van der Waals surface area contributed by atoms with Crippen molar-refractivity contribution >= 4 is 41.2 Å². The van der Waals surface area contributed by atoms with Crippen LogP contribution in [0.25, 0.3) is 11.1 Å². The van der Waals surface area contributed by atoms with Crippen molar-refractivity contribution in [2.75, 3.05) is 25.2 Å². The maximum atomic E-state index is 14.4. The van der Waals surface area contributed by atoms with Crippen LogP contribution in [0.3, 0.4) is 0 Å². The molecule has 1 atom stereocenters. The zero-order chi connectivity index (χ0) is 23.5. The molecule has 1 aliphatic heterocycles. The average molecular weight is 527 g/mol. The Balaban J connectivity index is 0.00000324. The normalized spacial score (nSPS) is 14.9. The molecule has 1 saturated heterocycles. The number of hydrogen-bond acceptors (Lipinski definition) is 5. The molecule has 1 aromatic heterocycles. The summed E-state index contributed by atoms with van der Waals surface area (Å²) in [6.45, 7) is 0.937. The topological polar surface area (TPSA) is 68.7 Å². The Bertz CT molecular complexity index is 1200. The van der Waals surface area contributed by atoms with Crippen LogP contribution in [0.4, 0.5) is 10.2 Å². The third kappa shape index (κ3) is 5.88. The Morgan fingerprint density at radius 2 is 2.03 bits per heavy atom. The van der Waals surface area contributed by atoms with Gasteiger partial charge in [0.05, 0.1) is 30.1 Å². The van der Waals surface area contributed by atoms with E-state index in [0.29, 0.717) is 41.3 Å². The molecule has 6 nitrogen and oxygen atoms in total. The van der Waals surface area contributed by atoms with E-state index in [1.54, 1.807) is 24.3 Å². The van der Waals surface area contributed by atoms with Gasteiger partial charge in [0.1, 0.15) is 11.9 Å². The van der Waals surface area contributed by atoms with E-state index in [2.05, 4.69) is 4.98 Å². The number of carbonyl (C=O) groups excluding carboxylic acids is 2. The molecule has 1 aliphatic rings. The summed E-state index contributed by atoms with van der Waals surface area (Å²) in [6, 6.07) is 10.4. The minimum Gasteiger partial charge on any atom is -0.484 e. The zero-order valence-corrected chi connectivity index (χ0v) is 23.1. The van der Waals surface area contributed by atoms with E-state index in [4.69, 9.17) is 32.7 Å². The second kappa shape index (κ2) is 12.1. The minimum atomic E-state index is -0.739. The molecule has 0 unspecified atom stereocenters. The van der Waals surface area contributed by atoms with E-state index < -0.39 is 11.7 Å². The fourth-order valence-corrected chi connectivity index (χ4v) is 3.96. The van der Waals surface area contributed by atoms with Gasteiger partial charge in [-0.3, -0.25) is 9.69 Å². The van der Waals surface area contributed by atoms with Crippen molar-refractivity contribution in [3.8, 4) is 16.9 Å². The van der Waals surface area contributed by atoms with E-state index in [1.165, 1.54) is 30.3 Å². The fraction of sp³-hybridized carbons (Fsp3) is 0.208. The van der Waals surface area contributed by atoms with Gasteiger partial charge in [-0.15, -0.1) is 0 Å². The van der Waals surface area contributed by atoms with Crippen LogP contribution in [-0.4, -0.2) is 43.5 Å². The molecular weight excluding hydrogens is 509 g/mol. The third-order valence-electron chi connectivity index (χ3n) is 5.21. The van der Waals surface area contributed by atoms with E-state index in [9.17, 15) is 14.0 Å². The molecule has 0 saturated carbocycles. The number of amides is 1. The SMILES string of the molecule is CN(C(=O)c1c(F)cccc1Cl)c1ncc(-c2cc([C-]=O)ccc2Cl)cc1O[C@@H]1CCOC1.[K+]. The molecule has 2 aromatic carbocycles. The van der Waals surface area contributed by atoms with Crippen molar-refractivity contribution in [3.63, 3.8) is 0 Å². The molecule has 3 aromatic rings. The predicted octanol–water partition coefficient (Wildman–Crippen LogP) is 2.10. The van der Waals surface area contributed by atoms with Gasteiger partial charge in [-0.1, -0.05) is 40.9 Å². The predicted molar refractivity (Wildman–Crippen MR) is 123 cm³/mol. The second-order valence-electron chi connectivity index (χ2n) is 7.41. The van der Waals surface area contributed by atoms with Crippen molar-refractivity contribution in [1.82, 2.24) is 4.98 Å². The van der Waals surface area contributed by atoms with Crippen molar-refractivity contribution < 1.29 is 74.8 Å². The van der Waals surface area contributed by atoms with Crippen molar-refractivity contribution in [1.29, 1.82) is 0 Å². The van der Waals surface area contributed by atoms with E-state index >= 15 is 0 Å². The van der Waals surface area contributed by atoms with Crippen LogP contribution < -0.4 is 61.0 Å². The number of hydrogen-bond donors (Lipinski definition) is 0.